The van der Waals surface area contributed by atoms with Crippen LogP contribution in [0.2, 0.25) is 0 Å². The topological polar surface area (TPSA) is 72.6 Å². The van der Waals surface area contributed by atoms with E-state index in [4.69, 9.17) is 9.72 Å². The molecule has 0 aliphatic carbocycles. The molecule has 7 nitrogen and oxygen atoms in total. The number of aromatic nitrogens is 4. The number of halogens is 2. The second-order valence-corrected chi connectivity index (χ2v) is 9.87. The number of likely N-dealkylation sites (tertiary alicyclic amines) is 1. The molecule has 1 aliphatic heterocycles. The zero-order valence-corrected chi connectivity index (χ0v) is 23.8. The molecule has 0 unspecified atom stereocenters. The number of benzene rings is 2. The fourth-order valence-corrected chi connectivity index (χ4v) is 5.70. The van der Waals surface area contributed by atoms with Crippen LogP contribution in [0.5, 0.6) is 0 Å². The van der Waals surface area contributed by atoms with E-state index in [1.54, 1.807) is 11.4 Å². The van der Waals surface area contributed by atoms with Gasteiger partial charge in [0.05, 0.1) is 17.6 Å². The fraction of sp³-hybridized carbons (Fsp3) is 0.333. The SMILES string of the molecule is CCOC(=O)c1nnn2c1ccc1c(CCN3CCC(c4cccc5nc(C)ccc45)CC3)cccc12.Cl.Cl. The van der Waals surface area contributed by atoms with Gasteiger partial charge >= 0.3 is 5.97 Å². The van der Waals surface area contributed by atoms with Crippen molar-refractivity contribution in [2.24, 2.45) is 0 Å². The van der Waals surface area contributed by atoms with E-state index in [1.165, 1.54) is 29.4 Å². The van der Waals surface area contributed by atoms with Crippen molar-refractivity contribution in [3.05, 3.63) is 83.2 Å². The number of fused-ring (bicyclic) bond motifs is 4. The highest BCUT2D eigenvalue weighted by atomic mass is 35.5. The van der Waals surface area contributed by atoms with E-state index < -0.39 is 5.97 Å². The highest BCUT2D eigenvalue weighted by Gasteiger charge is 2.23. The Labute approximate surface area is 240 Å². The van der Waals surface area contributed by atoms with Gasteiger partial charge in [0.25, 0.3) is 0 Å². The Morgan fingerprint density at radius 2 is 1.72 bits per heavy atom. The molecule has 3 aromatic heterocycles. The number of carbonyl (C=O) groups is 1. The zero-order chi connectivity index (χ0) is 25.4. The summed E-state index contributed by atoms with van der Waals surface area (Å²) < 4.78 is 6.88. The van der Waals surface area contributed by atoms with Gasteiger partial charge in [0.15, 0.2) is 5.69 Å². The first-order chi connectivity index (χ1) is 18.1. The normalized spacial score (nSPS) is 14.3. The Hall–Kier alpha value is -3.26. The predicted octanol–water partition coefficient (Wildman–Crippen LogP) is 6.18. The van der Waals surface area contributed by atoms with E-state index in [2.05, 4.69) is 70.7 Å². The number of pyridine rings is 2. The Kier molecular flexibility index (Phi) is 9.05. The minimum Gasteiger partial charge on any atom is -0.461 e. The second kappa shape index (κ2) is 12.3. The zero-order valence-electron chi connectivity index (χ0n) is 22.2. The summed E-state index contributed by atoms with van der Waals surface area (Å²) in [5.41, 5.74) is 6.78. The van der Waals surface area contributed by atoms with Crippen LogP contribution >= 0.6 is 24.8 Å². The highest BCUT2D eigenvalue weighted by molar-refractivity contribution is 5.97. The number of esters is 1. The van der Waals surface area contributed by atoms with E-state index in [9.17, 15) is 4.79 Å². The van der Waals surface area contributed by atoms with Crippen LogP contribution in [0.25, 0.3) is 27.3 Å². The molecular weight excluding hydrogens is 533 g/mol. The molecule has 0 radical (unpaired) electrons. The number of nitrogens with zero attached hydrogens (tertiary/aromatic N) is 5. The molecule has 0 amide bonds. The summed E-state index contributed by atoms with van der Waals surface area (Å²) in [7, 11) is 0. The molecule has 39 heavy (non-hydrogen) atoms. The van der Waals surface area contributed by atoms with Gasteiger partial charge in [-0.2, -0.15) is 0 Å². The second-order valence-electron chi connectivity index (χ2n) is 9.87. The summed E-state index contributed by atoms with van der Waals surface area (Å²) >= 11 is 0. The van der Waals surface area contributed by atoms with Crippen molar-refractivity contribution in [1.29, 1.82) is 0 Å². The molecule has 5 aromatic rings. The summed E-state index contributed by atoms with van der Waals surface area (Å²) in [4.78, 5) is 19.6. The van der Waals surface area contributed by atoms with Gasteiger partial charge in [-0.25, -0.2) is 9.31 Å². The lowest BCUT2D eigenvalue weighted by atomic mass is 9.87. The first kappa shape index (κ1) is 28.7. The van der Waals surface area contributed by atoms with Crippen LogP contribution in [0.15, 0.2) is 60.7 Å². The third-order valence-corrected chi connectivity index (χ3v) is 7.61. The maximum Gasteiger partial charge on any atom is 0.361 e. The minimum atomic E-state index is -0.439. The molecular formula is C30H33Cl2N5O2. The first-order valence-corrected chi connectivity index (χ1v) is 13.1. The maximum absolute atomic E-state index is 12.2. The van der Waals surface area contributed by atoms with E-state index in [0.717, 1.165) is 48.2 Å². The number of hydrogen-bond donors (Lipinski definition) is 0. The van der Waals surface area contributed by atoms with Crippen LogP contribution in [-0.4, -0.2) is 56.9 Å². The average molecular weight is 567 g/mol. The quantitative estimate of drug-likeness (QED) is 0.229. The van der Waals surface area contributed by atoms with Gasteiger partial charge in [-0.15, -0.1) is 29.9 Å². The summed E-state index contributed by atoms with van der Waals surface area (Å²) in [6.45, 7) is 7.37. The number of hydrogen-bond acceptors (Lipinski definition) is 6. The molecule has 1 fully saturated rings. The molecule has 0 atom stereocenters. The van der Waals surface area contributed by atoms with Crippen molar-refractivity contribution in [3.8, 4) is 0 Å². The summed E-state index contributed by atoms with van der Waals surface area (Å²) in [5, 5.41) is 10.8. The maximum atomic E-state index is 12.2. The van der Waals surface area contributed by atoms with E-state index in [0.29, 0.717) is 18.0 Å². The van der Waals surface area contributed by atoms with E-state index >= 15 is 0 Å². The summed E-state index contributed by atoms with van der Waals surface area (Å²) in [6.07, 6.45) is 3.29. The highest BCUT2D eigenvalue weighted by Crippen LogP contribution is 2.33. The predicted molar refractivity (Wildman–Crippen MR) is 160 cm³/mol. The molecule has 4 heterocycles. The third-order valence-electron chi connectivity index (χ3n) is 7.61. The van der Waals surface area contributed by atoms with Gasteiger partial charge in [0, 0.05) is 23.0 Å². The summed E-state index contributed by atoms with van der Waals surface area (Å²) in [5.74, 6) is 0.141. The number of ether oxygens (including phenoxy) is 1. The van der Waals surface area contributed by atoms with Crippen LogP contribution in [0, 0.1) is 6.92 Å². The molecule has 0 saturated carbocycles. The largest absolute Gasteiger partial charge is 0.461 e. The number of rotatable bonds is 6. The Balaban J connectivity index is 0.00000176. The number of piperidine rings is 1. The molecule has 6 rings (SSSR count). The van der Waals surface area contributed by atoms with Gasteiger partial charge in [-0.3, -0.25) is 4.98 Å². The van der Waals surface area contributed by atoms with Crippen molar-refractivity contribution < 1.29 is 9.53 Å². The minimum absolute atomic E-state index is 0. The van der Waals surface area contributed by atoms with Gasteiger partial charge in [0.1, 0.15) is 5.52 Å². The van der Waals surface area contributed by atoms with Gasteiger partial charge in [-0.1, -0.05) is 41.6 Å². The van der Waals surface area contributed by atoms with Crippen molar-refractivity contribution in [2.75, 3.05) is 26.2 Å². The van der Waals surface area contributed by atoms with Crippen molar-refractivity contribution in [2.45, 2.75) is 39.0 Å². The van der Waals surface area contributed by atoms with Crippen LogP contribution in [0.3, 0.4) is 0 Å². The lowest BCUT2D eigenvalue weighted by Gasteiger charge is -2.32. The first-order valence-electron chi connectivity index (χ1n) is 13.1. The van der Waals surface area contributed by atoms with Crippen LogP contribution in [0.4, 0.5) is 0 Å². The fourth-order valence-electron chi connectivity index (χ4n) is 5.70. The van der Waals surface area contributed by atoms with Crippen LogP contribution in [-0.2, 0) is 11.2 Å². The van der Waals surface area contributed by atoms with Crippen LogP contribution in [0.1, 0.15) is 53.0 Å². The monoisotopic (exact) mass is 565 g/mol. The Morgan fingerprint density at radius 1 is 0.949 bits per heavy atom. The van der Waals surface area contributed by atoms with E-state index in [-0.39, 0.29) is 30.5 Å². The lowest BCUT2D eigenvalue weighted by Crippen LogP contribution is -2.34. The standard InChI is InChI=1S/C30H31N5O2.2ClH/c1-3-37-30(36)29-28-13-12-24-21(6-4-9-27(24)35(28)33-32-29)14-17-34-18-15-22(16-19-34)23-7-5-8-26-25(23)11-10-20(2)31-26;;/h4-13,22H,3,14-19H2,1-2H3;2*1H. The molecule has 204 valence electrons. The van der Waals surface area contributed by atoms with Crippen molar-refractivity contribution >= 4 is 58.1 Å². The molecule has 1 aliphatic rings. The van der Waals surface area contributed by atoms with Crippen molar-refractivity contribution in [1.82, 2.24) is 24.7 Å². The molecule has 0 N–H and O–H groups in total. The average Bonchev–Trinajstić information content (AvgIpc) is 3.37. The van der Waals surface area contributed by atoms with E-state index in [1.807, 2.05) is 12.1 Å². The Bertz CT molecular complexity index is 1610. The molecule has 2 aromatic carbocycles. The number of aryl methyl sites for hydroxylation is 1. The van der Waals surface area contributed by atoms with Gasteiger partial charge in [0.2, 0.25) is 0 Å². The van der Waals surface area contributed by atoms with Crippen molar-refractivity contribution in [3.63, 3.8) is 0 Å². The molecule has 0 spiro atoms. The molecule has 1 saturated heterocycles. The number of carbonyl (C=O) groups excluding carboxylic acids is 1. The van der Waals surface area contributed by atoms with Gasteiger partial charge < -0.3 is 9.64 Å². The molecule has 0 bridgehead atoms. The smallest absolute Gasteiger partial charge is 0.361 e. The van der Waals surface area contributed by atoms with Gasteiger partial charge in [-0.05, 0) is 87.5 Å². The Morgan fingerprint density at radius 3 is 2.51 bits per heavy atom. The third kappa shape index (κ3) is 5.57. The van der Waals surface area contributed by atoms with Crippen LogP contribution < -0.4 is 0 Å². The summed E-state index contributed by atoms with van der Waals surface area (Å²) in [6, 6.07) is 21.2. The lowest BCUT2D eigenvalue weighted by molar-refractivity contribution is 0.0521. The molecule has 9 heteroatoms.